The summed E-state index contributed by atoms with van der Waals surface area (Å²) >= 11 is 0. The number of aliphatic carboxylic acids is 1. The van der Waals surface area contributed by atoms with Gasteiger partial charge in [-0.3, -0.25) is 14.4 Å². The van der Waals surface area contributed by atoms with Gasteiger partial charge in [-0.15, -0.1) is 0 Å². The highest BCUT2D eigenvalue weighted by atomic mass is 16.7. The van der Waals surface area contributed by atoms with E-state index < -0.39 is 30.7 Å². The molecule has 1 aromatic rings. The van der Waals surface area contributed by atoms with E-state index in [1.807, 2.05) is 0 Å². The zero-order valence-corrected chi connectivity index (χ0v) is 11.4. The van der Waals surface area contributed by atoms with Crippen LogP contribution in [0.3, 0.4) is 0 Å². The molecule has 21 heavy (non-hydrogen) atoms. The molecule has 0 bridgehead atoms. The first-order valence-electron chi connectivity index (χ1n) is 6.15. The van der Waals surface area contributed by atoms with Crippen LogP contribution in [-0.4, -0.2) is 33.8 Å². The fourth-order valence-electron chi connectivity index (χ4n) is 1.50. The summed E-state index contributed by atoms with van der Waals surface area (Å²) in [5.74, 6) is -3.52. The van der Waals surface area contributed by atoms with Crippen LogP contribution < -0.4 is 0 Å². The first-order valence-corrected chi connectivity index (χ1v) is 6.15. The standard InChI is InChI=1S/C14H15NO6/c1-10(16)7-12(17)15(21-14(20)8-13(18)19)9-11-5-3-2-4-6-11/h2-6H,7-9H2,1H3,(H,18,19). The minimum absolute atomic E-state index is 0.0572. The molecule has 0 unspecified atom stereocenters. The topological polar surface area (TPSA) is 101 Å². The molecule has 0 saturated carbocycles. The van der Waals surface area contributed by atoms with Gasteiger partial charge in [-0.25, -0.2) is 4.79 Å². The zero-order chi connectivity index (χ0) is 15.8. The van der Waals surface area contributed by atoms with Crippen molar-refractivity contribution in [2.75, 3.05) is 0 Å². The van der Waals surface area contributed by atoms with Gasteiger partial charge in [0.1, 0.15) is 12.2 Å². The van der Waals surface area contributed by atoms with Crippen molar-refractivity contribution in [3.63, 3.8) is 0 Å². The number of nitrogens with zero attached hydrogens (tertiary/aromatic N) is 1. The van der Waals surface area contributed by atoms with Crippen LogP contribution in [0.5, 0.6) is 0 Å². The quantitative estimate of drug-likeness (QED) is 0.618. The van der Waals surface area contributed by atoms with Gasteiger partial charge >= 0.3 is 11.9 Å². The normalized spacial score (nSPS) is 9.76. The molecule has 0 aliphatic heterocycles. The third kappa shape index (κ3) is 6.33. The van der Waals surface area contributed by atoms with Crippen molar-refractivity contribution < 1.29 is 29.1 Å². The number of hydrogen-bond acceptors (Lipinski definition) is 5. The molecule has 0 aliphatic rings. The molecule has 0 atom stereocenters. The molecule has 112 valence electrons. The second-order valence-electron chi connectivity index (χ2n) is 4.33. The number of carboxylic acids is 1. The fourth-order valence-corrected chi connectivity index (χ4v) is 1.50. The maximum atomic E-state index is 11.9. The number of carbonyl (C=O) groups is 4. The Labute approximate surface area is 121 Å². The molecule has 0 radical (unpaired) electrons. The van der Waals surface area contributed by atoms with Crippen LogP contribution in [-0.2, 0) is 30.6 Å². The van der Waals surface area contributed by atoms with Gasteiger partial charge < -0.3 is 9.94 Å². The molecule has 7 nitrogen and oxygen atoms in total. The number of hydrogen-bond donors (Lipinski definition) is 1. The number of benzene rings is 1. The maximum absolute atomic E-state index is 11.9. The molecule has 1 amide bonds. The van der Waals surface area contributed by atoms with Crippen molar-refractivity contribution in [1.82, 2.24) is 5.06 Å². The first-order chi connectivity index (χ1) is 9.88. The van der Waals surface area contributed by atoms with E-state index in [-0.39, 0.29) is 12.3 Å². The molecule has 0 spiro atoms. The molecule has 0 heterocycles. The molecule has 0 aromatic heterocycles. The van der Waals surface area contributed by atoms with Crippen LogP contribution in [0.25, 0.3) is 0 Å². The Balaban J connectivity index is 2.79. The average molecular weight is 293 g/mol. The average Bonchev–Trinajstić information content (AvgIpc) is 2.37. The van der Waals surface area contributed by atoms with Gasteiger partial charge in [-0.05, 0) is 12.5 Å². The summed E-state index contributed by atoms with van der Waals surface area (Å²) in [5, 5.41) is 9.22. The Bertz CT molecular complexity index is 540. The van der Waals surface area contributed by atoms with Crippen molar-refractivity contribution in [2.24, 2.45) is 0 Å². The first kappa shape index (κ1) is 16.4. The minimum atomic E-state index is -1.36. The summed E-state index contributed by atoms with van der Waals surface area (Å²) in [5.41, 5.74) is 0.678. The van der Waals surface area contributed by atoms with E-state index in [4.69, 9.17) is 9.94 Å². The second kappa shape index (κ2) is 7.78. The molecular formula is C14H15NO6. The number of rotatable bonds is 6. The summed E-state index contributed by atoms with van der Waals surface area (Å²) in [6.07, 6.45) is -1.29. The van der Waals surface area contributed by atoms with Crippen molar-refractivity contribution in [3.8, 4) is 0 Å². The van der Waals surface area contributed by atoms with Crippen LogP contribution in [0.4, 0.5) is 0 Å². The second-order valence-corrected chi connectivity index (χ2v) is 4.33. The predicted molar refractivity (Wildman–Crippen MR) is 70.6 cm³/mol. The maximum Gasteiger partial charge on any atom is 0.343 e. The number of carboxylic acid groups (broad SMARTS) is 1. The van der Waals surface area contributed by atoms with E-state index in [9.17, 15) is 19.2 Å². The summed E-state index contributed by atoms with van der Waals surface area (Å²) in [4.78, 5) is 49.4. The summed E-state index contributed by atoms with van der Waals surface area (Å²) < 4.78 is 0. The van der Waals surface area contributed by atoms with Gasteiger partial charge in [0.15, 0.2) is 0 Å². The molecule has 1 rings (SSSR count). The lowest BCUT2D eigenvalue weighted by Gasteiger charge is -2.20. The lowest BCUT2D eigenvalue weighted by Crippen LogP contribution is -2.34. The fraction of sp³-hybridized carbons (Fsp3) is 0.286. The van der Waals surface area contributed by atoms with Crippen molar-refractivity contribution in [3.05, 3.63) is 35.9 Å². The highest BCUT2D eigenvalue weighted by Gasteiger charge is 2.21. The van der Waals surface area contributed by atoms with E-state index in [2.05, 4.69) is 0 Å². The van der Waals surface area contributed by atoms with E-state index in [1.165, 1.54) is 6.92 Å². The molecule has 1 N–H and O–H groups in total. The third-order valence-electron chi connectivity index (χ3n) is 2.35. The van der Waals surface area contributed by atoms with Crippen LogP contribution in [0.1, 0.15) is 25.3 Å². The highest BCUT2D eigenvalue weighted by Crippen LogP contribution is 2.08. The lowest BCUT2D eigenvalue weighted by atomic mass is 10.2. The number of amides is 1. The Morgan fingerprint density at radius 2 is 1.71 bits per heavy atom. The molecule has 0 fully saturated rings. The molecule has 7 heteroatoms. The molecule has 0 saturated heterocycles. The van der Waals surface area contributed by atoms with Crippen LogP contribution in [0.15, 0.2) is 30.3 Å². The van der Waals surface area contributed by atoms with Gasteiger partial charge in [0.2, 0.25) is 0 Å². The Hall–Kier alpha value is -2.70. The Kier molecular flexibility index (Phi) is 6.06. The van der Waals surface area contributed by atoms with Gasteiger partial charge in [0.25, 0.3) is 5.91 Å². The van der Waals surface area contributed by atoms with E-state index in [0.29, 0.717) is 10.6 Å². The molecule has 1 aromatic carbocycles. The summed E-state index contributed by atoms with van der Waals surface area (Å²) in [6.45, 7) is 1.18. The van der Waals surface area contributed by atoms with Crippen molar-refractivity contribution >= 4 is 23.6 Å². The van der Waals surface area contributed by atoms with Crippen LogP contribution in [0.2, 0.25) is 0 Å². The number of ketones is 1. The van der Waals surface area contributed by atoms with Gasteiger partial charge in [0, 0.05) is 0 Å². The monoisotopic (exact) mass is 293 g/mol. The SMILES string of the molecule is CC(=O)CC(=O)N(Cc1ccccc1)OC(=O)CC(=O)O. The highest BCUT2D eigenvalue weighted by molar-refractivity contribution is 5.97. The largest absolute Gasteiger partial charge is 0.481 e. The number of hydroxylamine groups is 2. The van der Waals surface area contributed by atoms with E-state index in [0.717, 1.165) is 0 Å². The Morgan fingerprint density at radius 3 is 2.24 bits per heavy atom. The lowest BCUT2D eigenvalue weighted by molar-refractivity contribution is -0.201. The van der Waals surface area contributed by atoms with Crippen molar-refractivity contribution in [1.29, 1.82) is 0 Å². The predicted octanol–water partition coefficient (Wildman–Crippen LogP) is 0.927. The van der Waals surface area contributed by atoms with Gasteiger partial charge in [0.05, 0.1) is 13.0 Å². The smallest absolute Gasteiger partial charge is 0.343 e. The van der Waals surface area contributed by atoms with E-state index in [1.54, 1.807) is 30.3 Å². The van der Waals surface area contributed by atoms with Crippen molar-refractivity contribution in [2.45, 2.75) is 26.3 Å². The molecular weight excluding hydrogens is 278 g/mol. The van der Waals surface area contributed by atoms with Crippen LogP contribution >= 0.6 is 0 Å². The van der Waals surface area contributed by atoms with Gasteiger partial charge in [-0.1, -0.05) is 30.3 Å². The third-order valence-corrected chi connectivity index (χ3v) is 2.35. The molecule has 0 aliphatic carbocycles. The van der Waals surface area contributed by atoms with E-state index >= 15 is 0 Å². The number of carbonyl (C=O) groups excluding carboxylic acids is 3. The zero-order valence-electron chi connectivity index (χ0n) is 11.4. The van der Waals surface area contributed by atoms with Crippen LogP contribution in [0, 0.1) is 0 Å². The van der Waals surface area contributed by atoms with Gasteiger partial charge in [-0.2, -0.15) is 5.06 Å². The summed E-state index contributed by atoms with van der Waals surface area (Å²) in [7, 11) is 0. The Morgan fingerprint density at radius 1 is 1.10 bits per heavy atom. The minimum Gasteiger partial charge on any atom is -0.481 e. The number of Topliss-reactive ketones (excluding diaryl/α,β-unsaturated/α-hetero) is 1. The summed E-state index contributed by atoms with van der Waals surface area (Å²) in [6, 6.07) is 8.67.